The first-order valence-corrected chi connectivity index (χ1v) is 6.64. The van der Waals surface area contributed by atoms with Gasteiger partial charge in [0.15, 0.2) is 0 Å². The van der Waals surface area contributed by atoms with Gasteiger partial charge in [-0.25, -0.2) is 0 Å². The quantitative estimate of drug-likeness (QED) is 0.748. The van der Waals surface area contributed by atoms with E-state index in [1.165, 1.54) is 12.8 Å². The second-order valence-corrected chi connectivity index (χ2v) is 5.69. The summed E-state index contributed by atoms with van der Waals surface area (Å²) in [5, 5.41) is 13.2. The number of aliphatic hydroxyl groups is 1. The van der Waals surface area contributed by atoms with E-state index in [-0.39, 0.29) is 6.10 Å². The molecule has 0 bridgehead atoms. The molecule has 1 heterocycles. The van der Waals surface area contributed by atoms with Gasteiger partial charge in [0.1, 0.15) is 0 Å². The number of nitrogens with zero attached hydrogens (tertiary/aromatic N) is 1. The third kappa shape index (κ3) is 4.81. The standard InChI is InChI=1S/C13H28N2O/c1-10(2)14-8-13(16)9-15-6-5-11(3)7-12(15)4/h10-14,16H,5-9H2,1-4H3. The van der Waals surface area contributed by atoms with Crippen molar-refractivity contribution in [1.82, 2.24) is 10.2 Å². The normalized spacial score (nSPS) is 29.6. The highest BCUT2D eigenvalue weighted by Crippen LogP contribution is 2.21. The summed E-state index contributed by atoms with van der Waals surface area (Å²) in [4.78, 5) is 2.42. The Morgan fingerprint density at radius 3 is 2.62 bits per heavy atom. The first-order chi connectivity index (χ1) is 7.49. The summed E-state index contributed by atoms with van der Waals surface area (Å²) in [6.45, 7) is 11.5. The van der Waals surface area contributed by atoms with Crippen LogP contribution in [0.15, 0.2) is 0 Å². The van der Waals surface area contributed by atoms with Crippen molar-refractivity contribution in [1.29, 1.82) is 0 Å². The Morgan fingerprint density at radius 2 is 2.06 bits per heavy atom. The summed E-state index contributed by atoms with van der Waals surface area (Å²) >= 11 is 0. The van der Waals surface area contributed by atoms with Crippen LogP contribution in [0, 0.1) is 5.92 Å². The van der Waals surface area contributed by atoms with Crippen molar-refractivity contribution in [2.24, 2.45) is 5.92 Å². The number of hydrogen-bond donors (Lipinski definition) is 2. The molecular formula is C13H28N2O. The monoisotopic (exact) mass is 228 g/mol. The molecule has 0 saturated carbocycles. The highest BCUT2D eigenvalue weighted by Gasteiger charge is 2.24. The average Bonchev–Trinajstić information content (AvgIpc) is 2.19. The van der Waals surface area contributed by atoms with E-state index in [0.717, 1.165) is 19.0 Å². The molecule has 0 spiro atoms. The van der Waals surface area contributed by atoms with Crippen molar-refractivity contribution in [3.8, 4) is 0 Å². The van der Waals surface area contributed by atoms with E-state index < -0.39 is 0 Å². The Kier molecular flexibility index (Phi) is 5.73. The Balaban J connectivity index is 2.25. The zero-order valence-electron chi connectivity index (χ0n) is 11.2. The second-order valence-electron chi connectivity index (χ2n) is 5.69. The maximum atomic E-state index is 9.93. The molecule has 16 heavy (non-hydrogen) atoms. The summed E-state index contributed by atoms with van der Waals surface area (Å²) in [6, 6.07) is 1.07. The summed E-state index contributed by atoms with van der Waals surface area (Å²) < 4.78 is 0. The molecule has 3 unspecified atom stereocenters. The molecule has 0 aromatic carbocycles. The first kappa shape index (κ1) is 13.9. The van der Waals surface area contributed by atoms with Crippen LogP contribution in [0.4, 0.5) is 0 Å². The van der Waals surface area contributed by atoms with Crippen LogP contribution in [0.1, 0.15) is 40.5 Å². The molecule has 96 valence electrons. The van der Waals surface area contributed by atoms with Crippen LogP contribution in [0.3, 0.4) is 0 Å². The van der Waals surface area contributed by atoms with Gasteiger partial charge in [-0.3, -0.25) is 4.90 Å². The third-order valence-electron chi connectivity index (χ3n) is 3.48. The topological polar surface area (TPSA) is 35.5 Å². The van der Waals surface area contributed by atoms with Crippen LogP contribution >= 0.6 is 0 Å². The predicted molar refractivity (Wildman–Crippen MR) is 68.6 cm³/mol. The smallest absolute Gasteiger partial charge is 0.0791 e. The molecule has 3 nitrogen and oxygen atoms in total. The molecule has 0 amide bonds. The van der Waals surface area contributed by atoms with Crippen LogP contribution in [0.25, 0.3) is 0 Å². The van der Waals surface area contributed by atoms with Crippen LogP contribution in [-0.2, 0) is 0 Å². The van der Waals surface area contributed by atoms with Crippen molar-refractivity contribution in [3.05, 3.63) is 0 Å². The lowest BCUT2D eigenvalue weighted by molar-refractivity contribution is 0.0595. The Morgan fingerprint density at radius 1 is 1.38 bits per heavy atom. The van der Waals surface area contributed by atoms with Crippen LogP contribution in [0.2, 0.25) is 0 Å². The number of piperidine rings is 1. The van der Waals surface area contributed by atoms with Gasteiger partial charge in [0, 0.05) is 25.2 Å². The van der Waals surface area contributed by atoms with Gasteiger partial charge in [-0.05, 0) is 32.2 Å². The van der Waals surface area contributed by atoms with E-state index in [9.17, 15) is 5.11 Å². The largest absolute Gasteiger partial charge is 0.390 e. The van der Waals surface area contributed by atoms with Gasteiger partial charge in [0.25, 0.3) is 0 Å². The molecule has 3 atom stereocenters. The van der Waals surface area contributed by atoms with Gasteiger partial charge >= 0.3 is 0 Å². The Labute approximate surface area is 100 Å². The van der Waals surface area contributed by atoms with Crippen molar-refractivity contribution in [2.75, 3.05) is 19.6 Å². The van der Waals surface area contributed by atoms with Crippen molar-refractivity contribution >= 4 is 0 Å². The molecule has 2 N–H and O–H groups in total. The minimum absolute atomic E-state index is 0.238. The van der Waals surface area contributed by atoms with Gasteiger partial charge < -0.3 is 10.4 Å². The summed E-state index contributed by atoms with van der Waals surface area (Å²) in [7, 11) is 0. The van der Waals surface area contributed by atoms with Gasteiger partial charge in [-0.2, -0.15) is 0 Å². The molecule has 0 aromatic rings. The van der Waals surface area contributed by atoms with Gasteiger partial charge in [-0.15, -0.1) is 0 Å². The highest BCUT2D eigenvalue weighted by atomic mass is 16.3. The number of rotatable bonds is 5. The third-order valence-corrected chi connectivity index (χ3v) is 3.48. The maximum absolute atomic E-state index is 9.93. The van der Waals surface area contributed by atoms with E-state index in [4.69, 9.17) is 0 Å². The van der Waals surface area contributed by atoms with Gasteiger partial charge in [-0.1, -0.05) is 20.8 Å². The molecule has 1 fully saturated rings. The van der Waals surface area contributed by atoms with E-state index in [2.05, 4.69) is 37.9 Å². The Bertz CT molecular complexity index is 196. The second kappa shape index (κ2) is 6.58. The fourth-order valence-corrected chi connectivity index (χ4v) is 2.43. The number of aliphatic hydroxyl groups excluding tert-OH is 1. The first-order valence-electron chi connectivity index (χ1n) is 6.64. The fourth-order valence-electron chi connectivity index (χ4n) is 2.43. The molecule has 3 heteroatoms. The van der Waals surface area contributed by atoms with Crippen LogP contribution in [-0.4, -0.2) is 47.8 Å². The Hall–Kier alpha value is -0.120. The average molecular weight is 228 g/mol. The molecule has 1 aliphatic rings. The van der Waals surface area contributed by atoms with E-state index in [1.54, 1.807) is 0 Å². The number of nitrogens with one attached hydrogen (secondary N) is 1. The minimum atomic E-state index is -0.238. The van der Waals surface area contributed by atoms with Gasteiger partial charge in [0.2, 0.25) is 0 Å². The molecule has 0 aliphatic carbocycles. The molecule has 1 rings (SSSR count). The predicted octanol–water partition coefficient (Wildman–Crippen LogP) is 1.47. The van der Waals surface area contributed by atoms with Crippen LogP contribution < -0.4 is 5.32 Å². The molecular weight excluding hydrogens is 200 g/mol. The summed E-state index contributed by atoms with van der Waals surface area (Å²) in [6.07, 6.45) is 2.30. The van der Waals surface area contributed by atoms with E-state index >= 15 is 0 Å². The zero-order chi connectivity index (χ0) is 12.1. The van der Waals surface area contributed by atoms with Crippen molar-refractivity contribution in [2.45, 2.75) is 58.7 Å². The van der Waals surface area contributed by atoms with Crippen molar-refractivity contribution in [3.63, 3.8) is 0 Å². The van der Waals surface area contributed by atoms with E-state index in [1.807, 2.05) is 0 Å². The molecule has 1 aliphatic heterocycles. The number of β-amino-alcohol motifs (C(OH)–C–C–N with tert-alkyl or cyclic N) is 1. The minimum Gasteiger partial charge on any atom is -0.390 e. The summed E-state index contributed by atoms with van der Waals surface area (Å²) in [5.74, 6) is 0.845. The SMILES string of the molecule is CC1CCN(CC(O)CNC(C)C)C(C)C1. The van der Waals surface area contributed by atoms with E-state index in [0.29, 0.717) is 18.6 Å². The van der Waals surface area contributed by atoms with Crippen molar-refractivity contribution < 1.29 is 5.11 Å². The molecule has 0 radical (unpaired) electrons. The summed E-state index contributed by atoms with van der Waals surface area (Å²) in [5.41, 5.74) is 0. The molecule has 0 aromatic heterocycles. The highest BCUT2D eigenvalue weighted by molar-refractivity contribution is 4.79. The lowest BCUT2D eigenvalue weighted by atomic mass is 9.93. The zero-order valence-corrected chi connectivity index (χ0v) is 11.2. The fraction of sp³-hybridized carbons (Fsp3) is 1.00. The number of likely N-dealkylation sites (tertiary alicyclic amines) is 1. The lowest BCUT2D eigenvalue weighted by Crippen LogP contribution is -2.46. The molecule has 1 saturated heterocycles. The maximum Gasteiger partial charge on any atom is 0.0791 e. The lowest BCUT2D eigenvalue weighted by Gasteiger charge is -2.37. The number of hydrogen-bond acceptors (Lipinski definition) is 3. The van der Waals surface area contributed by atoms with Gasteiger partial charge in [0.05, 0.1) is 6.10 Å². The van der Waals surface area contributed by atoms with Crippen LogP contribution in [0.5, 0.6) is 0 Å².